The number of benzene rings is 2. The van der Waals surface area contributed by atoms with Crippen LogP contribution in [-0.4, -0.2) is 35.4 Å². The molecule has 27 heavy (non-hydrogen) atoms. The van der Waals surface area contributed by atoms with Gasteiger partial charge in [0.25, 0.3) is 5.91 Å². The van der Waals surface area contributed by atoms with E-state index in [0.29, 0.717) is 25.2 Å². The van der Waals surface area contributed by atoms with Gasteiger partial charge in [0.15, 0.2) is 0 Å². The molecule has 3 aromatic rings. The molecule has 2 aromatic carbocycles. The summed E-state index contributed by atoms with van der Waals surface area (Å²) >= 11 is 0. The van der Waals surface area contributed by atoms with Crippen LogP contribution in [0.15, 0.2) is 54.6 Å². The molecule has 0 saturated carbocycles. The van der Waals surface area contributed by atoms with Crippen molar-refractivity contribution in [3.8, 4) is 0 Å². The molecule has 2 N–H and O–H groups in total. The summed E-state index contributed by atoms with van der Waals surface area (Å²) in [6.45, 7) is 5.95. The molecule has 0 unspecified atom stereocenters. The lowest BCUT2D eigenvalue weighted by Gasteiger charge is -2.18. The summed E-state index contributed by atoms with van der Waals surface area (Å²) in [5, 5.41) is 1.01. The molecule has 2 atom stereocenters. The third-order valence-corrected chi connectivity index (χ3v) is 5.65. The molecule has 1 fully saturated rings. The third kappa shape index (κ3) is 3.33. The van der Waals surface area contributed by atoms with Gasteiger partial charge < -0.3 is 10.6 Å². The van der Waals surface area contributed by atoms with E-state index in [1.54, 1.807) is 0 Å². The predicted molar refractivity (Wildman–Crippen MR) is 109 cm³/mol. The minimum Gasteiger partial charge on any atom is -0.338 e. The summed E-state index contributed by atoms with van der Waals surface area (Å²) in [4.78, 5) is 19.9. The first kappa shape index (κ1) is 17.7. The SMILES string of the molecule is Cc1ccc2nc(C)c(C(=O)N3C[C@@H](CN)[C@H](c4ccccc4)C3)cc2c1. The van der Waals surface area contributed by atoms with Gasteiger partial charge in [-0.3, -0.25) is 9.78 Å². The van der Waals surface area contributed by atoms with E-state index < -0.39 is 0 Å². The number of aromatic nitrogens is 1. The standard InChI is InChI=1S/C23H25N3O/c1-15-8-9-22-18(10-15)11-20(16(2)25-22)23(27)26-13-19(12-24)21(14-26)17-6-4-3-5-7-17/h3-11,19,21H,12-14,24H2,1-2H3/t19-,21+/m1/s1. The summed E-state index contributed by atoms with van der Waals surface area (Å²) in [5.74, 6) is 0.628. The number of carbonyl (C=O) groups is 1. The first-order valence-corrected chi connectivity index (χ1v) is 9.49. The molecular formula is C23H25N3O. The fraction of sp³-hybridized carbons (Fsp3) is 0.304. The number of nitrogens with zero attached hydrogens (tertiary/aromatic N) is 2. The van der Waals surface area contributed by atoms with E-state index >= 15 is 0 Å². The van der Waals surface area contributed by atoms with Crippen LogP contribution >= 0.6 is 0 Å². The van der Waals surface area contributed by atoms with E-state index in [-0.39, 0.29) is 17.7 Å². The highest BCUT2D eigenvalue weighted by atomic mass is 16.2. The lowest BCUT2D eigenvalue weighted by Crippen LogP contribution is -2.30. The van der Waals surface area contributed by atoms with Crippen LogP contribution < -0.4 is 5.73 Å². The Kier molecular flexibility index (Phi) is 4.66. The van der Waals surface area contributed by atoms with E-state index in [2.05, 4.69) is 30.1 Å². The Morgan fingerprint density at radius 3 is 2.63 bits per heavy atom. The van der Waals surface area contributed by atoms with Crippen LogP contribution in [0, 0.1) is 19.8 Å². The van der Waals surface area contributed by atoms with Crippen LogP contribution in [0.5, 0.6) is 0 Å². The van der Waals surface area contributed by atoms with Crippen molar-refractivity contribution in [3.05, 3.63) is 77.0 Å². The highest BCUT2D eigenvalue weighted by Gasteiger charge is 2.36. The van der Waals surface area contributed by atoms with E-state index in [4.69, 9.17) is 5.73 Å². The number of hydrogen-bond acceptors (Lipinski definition) is 3. The first-order valence-electron chi connectivity index (χ1n) is 9.49. The lowest BCUT2D eigenvalue weighted by molar-refractivity contribution is 0.0785. The number of likely N-dealkylation sites (tertiary alicyclic amines) is 1. The lowest BCUT2D eigenvalue weighted by atomic mass is 9.89. The summed E-state index contributed by atoms with van der Waals surface area (Å²) in [5.41, 5.74) is 10.9. The number of nitrogens with two attached hydrogens (primary N) is 1. The summed E-state index contributed by atoms with van der Waals surface area (Å²) in [7, 11) is 0. The Bertz CT molecular complexity index is 984. The van der Waals surface area contributed by atoms with Crippen molar-refractivity contribution in [1.29, 1.82) is 0 Å². The van der Waals surface area contributed by atoms with E-state index in [1.807, 2.05) is 48.2 Å². The molecule has 0 radical (unpaired) electrons. The quantitative estimate of drug-likeness (QED) is 0.776. The largest absolute Gasteiger partial charge is 0.338 e. The number of pyridine rings is 1. The second-order valence-corrected chi connectivity index (χ2v) is 7.54. The average Bonchev–Trinajstić information content (AvgIpc) is 3.12. The monoisotopic (exact) mass is 359 g/mol. The summed E-state index contributed by atoms with van der Waals surface area (Å²) < 4.78 is 0. The van der Waals surface area contributed by atoms with Gasteiger partial charge in [0, 0.05) is 24.4 Å². The second-order valence-electron chi connectivity index (χ2n) is 7.54. The van der Waals surface area contributed by atoms with Gasteiger partial charge >= 0.3 is 0 Å². The fourth-order valence-corrected chi connectivity index (χ4v) is 4.13. The fourth-order valence-electron chi connectivity index (χ4n) is 4.13. The Morgan fingerprint density at radius 1 is 1.11 bits per heavy atom. The highest BCUT2D eigenvalue weighted by Crippen LogP contribution is 2.33. The van der Waals surface area contributed by atoms with Crippen molar-refractivity contribution in [1.82, 2.24) is 9.88 Å². The van der Waals surface area contributed by atoms with Crippen LogP contribution in [0.4, 0.5) is 0 Å². The van der Waals surface area contributed by atoms with Crippen molar-refractivity contribution in [2.75, 3.05) is 19.6 Å². The predicted octanol–water partition coefficient (Wildman–Crippen LogP) is 3.67. The van der Waals surface area contributed by atoms with Crippen LogP contribution in [0.25, 0.3) is 10.9 Å². The maximum Gasteiger partial charge on any atom is 0.255 e. The second kappa shape index (κ2) is 7.12. The number of amides is 1. The van der Waals surface area contributed by atoms with E-state index in [0.717, 1.165) is 16.6 Å². The zero-order valence-corrected chi connectivity index (χ0v) is 15.9. The minimum atomic E-state index is 0.0558. The summed E-state index contributed by atoms with van der Waals surface area (Å²) in [6, 6.07) is 18.5. The topological polar surface area (TPSA) is 59.2 Å². The maximum atomic E-state index is 13.3. The Labute approximate surface area is 160 Å². The van der Waals surface area contributed by atoms with Crippen LogP contribution in [0.1, 0.15) is 33.1 Å². The van der Waals surface area contributed by atoms with Crippen molar-refractivity contribution in [2.45, 2.75) is 19.8 Å². The summed E-state index contributed by atoms with van der Waals surface area (Å²) in [6.07, 6.45) is 0. The first-order chi connectivity index (χ1) is 13.1. The number of carbonyl (C=O) groups excluding carboxylic acids is 1. The van der Waals surface area contributed by atoms with Crippen molar-refractivity contribution >= 4 is 16.8 Å². The van der Waals surface area contributed by atoms with Crippen LogP contribution in [0.3, 0.4) is 0 Å². The smallest absolute Gasteiger partial charge is 0.255 e. The third-order valence-electron chi connectivity index (χ3n) is 5.65. The van der Waals surface area contributed by atoms with Crippen molar-refractivity contribution < 1.29 is 4.79 Å². The average molecular weight is 359 g/mol. The normalized spacial score (nSPS) is 19.6. The van der Waals surface area contributed by atoms with Gasteiger partial charge in [-0.05, 0) is 50.1 Å². The number of fused-ring (bicyclic) bond motifs is 1. The Balaban J connectivity index is 1.65. The Hall–Kier alpha value is -2.72. The molecule has 0 spiro atoms. The van der Waals surface area contributed by atoms with Gasteiger partial charge in [0.05, 0.1) is 16.8 Å². The molecule has 2 heterocycles. The molecule has 1 aromatic heterocycles. The Morgan fingerprint density at radius 2 is 1.89 bits per heavy atom. The van der Waals surface area contributed by atoms with Gasteiger partial charge in [-0.25, -0.2) is 0 Å². The van der Waals surface area contributed by atoms with E-state index in [9.17, 15) is 4.79 Å². The van der Waals surface area contributed by atoms with Gasteiger partial charge in [-0.15, -0.1) is 0 Å². The molecule has 1 aliphatic rings. The van der Waals surface area contributed by atoms with Gasteiger partial charge in [0.2, 0.25) is 0 Å². The number of aryl methyl sites for hydroxylation is 2. The molecule has 4 nitrogen and oxygen atoms in total. The van der Waals surface area contributed by atoms with E-state index in [1.165, 1.54) is 11.1 Å². The zero-order chi connectivity index (χ0) is 19.0. The number of hydrogen-bond donors (Lipinski definition) is 1. The zero-order valence-electron chi connectivity index (χ0n) is 15.9. The molecule has 138 valence electrons. The van der Waals surface area contributed by atoms with Crippen LogP contribution in [0.2, 0.25) is 0 Å². The maximum absolute atomic E-state index is 13.3. The van der Waals surface area contributed by atoms with Gasteiger partial charge in [-0.1, -0.05) is 42.0 Å². The van der Waals surface area contributed by atoms with Crippen LogP contribution in [-0.2, 0) is 0 Å². The molecule has 1 amide bonds. The molecule has 0 bridgehead atoms. The molecule has 1 aliphatic heterocycles. The molecule has 1 saturated heterocycles. The van der Waals surface area contributed by atoms with Gasteiger partial charge in [0.1, 0.15) is 0 Å². The molecule has 4 rings (SSSR count). The number of rotatable bonds is 3. The van der Waals surface area contributed by atoms with Gasteiger partial charge in [-0.2, -0.15) is 0 Å². The molecule has 4 heteroatoms. The molecule has 0 aliphatic carbocycles. The minimum absolute atomic E-state index is 0.0558. The molecular weight excluding hydrogens is 334 g/mol. The van der Waals surface area contributed by atoms with Crippen molar-refractivity contribution in [3.63, 3.8) is 0 Å². The highest BCUT2D eigenvalue weighted by molar-refractivity contribution is 5.99. The van der Waals surface area contributed by atoms with Crippen molar-refractivity contribution in [2.24, 2.45) is 11.7 Å².